The van der Waals surface area contributed by atoms with Gasteiger partial charge in [0.15, 0.2) is 5.82 Å². The Morgan fingerprint density at radius 1 is 1.18 bits per heavy atom. The Morgan fingerprint density at radius 3 is 2.70 bits per heavy atom. The Labute approximate surface area is 199 Å². The first-order valence-corrected chi connectivity index (χ1v) is 13.2. The highest BCUT2D eigenvalue weighted by Gasteiger charge is 2.26. The molecule has 0 unspecified atom stereocenters. The van der Waals surface area contributed by atoms with Crippen molar-refractivity contribution < 1.29 is 4.79 Å². The van der Waals surface area contributed by atoms with Gasteiger partial charge in [-0.15, -0.1) is 5.10 Å². The van der Waals surface area contributed by atoms with Crippen LogP contribution in [0.1, 0.15) is 57.4 Å². The zero-order chi connectivity index (χ0) is 22.8. The number of benzene rings is 1. The quantitative estimate of drug-likeness (QED) is 0.533. The van der Waals surface area contributed by atoms with Gasteiger partial charge in [-0.05, 0) is 32.3 Å². The van der Waals surface area contributed by atoms with E-state index in [-0.39, 0.29) is 5.91 Å². The number of anilines is 2. The van der Waals surface area contributed by atoms with Gasteiger partial charge in [-0.25, -0.2) is 4.98 Å². The summed E-state index contributed by atoms with van der Waals surface area (Å²) in [4.78, 5) is 22.6. The molecule has 1 aliphatic heterocycles. The number of fused-ring (bicyclic) bond motifs is 1. The SMILES string of the molecule is CCCCC(=O)N1CCN(c2nn3c(NC4CCCC4)c(-c4cccc(C)c4)nc3s2)CC1. The van der Waals surface area contributed by atoms with E-state index in [0.717, 1.165) is 66.2 Å². The van der Waals surface area contributed by atoms with Crippen molar-refractivity contribution in [2.45, 2.75) is 64.8 Å². The molecule has 3 aromatic rings. The fraction of sp³-hybridized carbons (Fsp3) is 0.560. The minimum absolute atomic E-state index is 0.288. The monoisotopic (exact) mass is 466 g/mol. The molecule has 0 bridgehead atoms. The van der Waals surface area contributed by atoms with Gasteiger partial charge in [-0.2, -0.15) is 4.52 Å². The van der Waals surface area contributed by atoms with Crippen LogP contribution in [-0.2, 0) is 4.79 Å². The standard InChI is InChI=1S/C25H34N6OS/c1-3-4-12-21(32)29-13-15-30(16-14-29)25-28-31-23(26-20-10-5-6-11-20)22(27-24(31)33-25)19-9-7-8-18(2)17-19/h7-9,17,20,26H,3-6,10-16H2,1-2H3. The maximum Gasteiger partial charge on any atom is 0.222 e. The third-order valence-corrected chi connectivity index (χ3v) is 7.80. The van der Waals surface area contributed by atoms with Crippen LogP contribution in [0.5, 0.6) is 0 Å². The van der Waals surface area contributed by atoms with Crippen molar-refractivity contribution in [3.05, 3.63) is 29.8 Å². The molecule has 1 N–H and O–H groups in total. The summed E-state index contributed by atoms with van der Waals surface area (Å²) in [6, 6.07) is 9.03. The highest BCUT2D eigenvalue weighted by molar-refractivity contribution is 7.20. The topological polar surface area (TPSA) is 65.8 Å². The predicted octanol–water partition coefficient (Wildman–Crippen LogP) is 4.96. The van der Waals surface area contributed by atoms with Gasteiger partial charge in [0.25, 0.3) is 0 Å². The number of piperazine rings is 1. The zero-order valence-corrected chi connectivity index (χ0v) is 20.5. The van der Waals surface area contributed by atoms with Crippen LogP contribution in [0.4, 0.5) is 10.9 Å². The first-order chi connectivity index (χ1) is 16.1. The largest absolute Gasteiger partial charge is 0.365 e. The van der Waals surface area contributed by atoms with Gasteiger partial charge < -0.3 is 15.1 Å². The van der Waals surface area contributed by atoms with Crippen LogP contribution < -0.4 is 10.2 Å². The van der Waals surface area contributed by atoms with Crippen LogP contribution in [0, 0.1) is 6.92 Å². The second kappa shape index (κ2) is 9.71. The summed E-state index contributed by atoms with van der Waals surface area (Å²) >= 11 is 1.64. The molecular weight excluding hydrogens is 432 g/mol. The number of carbonyl (C=O) groups is 1. The Balaban J connectivity index is 1.39. The number of nitrogens with zero attached hydrogens (tertiary/aromatic N) is 5. The number of hydrogen-bond donors (Lipinski definition) is 1. The van der Waals surface area contributed by atoms with E-state index in [2.05, 4.69) is 48.3 Å². The second-order valence-corrected chi connectivity index (χ2v) is 10.3. The van der Waals surface area contributed by atoms with Gasteiger partial charge in [-0.3, -0.25) is 4.79 Å². The van der Waals surface area contributed by atoms with E-state index in [1.807, 2.05) is 9.42 Å². The molecule has 176 valence electrons. The third-order valence-electron chi connectivity index (χ3n) is 6.83. The molecule has 2 aliphatic rings. The summed E-state index contributed by atoms with van der Waals surface area (Å²) in [5, 5.41) is 9.77. The van der Waals surface area contributed by atoms with Crippen molar-refractivity contribution in [3.8, 4) is 11.3 Å². The Bertz CT molecular complexity index is 1110. The number of carbonyl (C=O) groups excluding carboxylic acids is 1. The average Bonchev–Trinajstić information content (AvgIpc) is 3.56. The molecule has 2 aromatic heterocycles. The molecule has 1 amide bonds. The number of aromatic nitrogens is 3. The van der Waals surface area contributed by atoms with Crippen molar-refractivity contribution in [2.24, 2.45) is 0 Å². The van der Waals surface area contributed by atoms with Crippen LogP contribution >= 0.6 is 11.3 Å². The van der Waals surface area contributed by atoms with Crippen molar-refractivity contribution in [1.82, 2.24) is 19.5 Å². The molecule has 0 radical (unpaired) electrons. The van der Waals surface area contributed by atoms with Gasteiger partial charge in [0.1, 0.15) is 5.69 Å². The molecule has 0 spiro atoms. The summed E-state index contributed by atoms with van der Waals surface area (Å²) in [6.45, 7) is 7.44. The summed E-state index contributed by atoms with van der Waals surface area (Å²) in [6.07, 6.45) is 7.66. The lowest BCUT2D eigenvalue weighted by Crippen LogP contribution is -2.48. The van der Waals surface area contributed by atoms with Gasteiger partial charge in [0, 0.05) is 44.2 Å². The van der Waals surface area contributed by atoms with Gasteiger partial charge in [-0.1, -0.05) is 61.3 Å². The van der Waals surface area contributed by atoms with Crippen LogP contribution in [0.15, 0.2) is 24.3 Å². The minimum Gasteiger partial charge on any atom is -0.365 e. The van der Waals surface area contributed by atoms with Gasteiger partial charge in [0.05, 0.1) is 0 Å². The molecule has 33 heavy (non-hydrogen) atoms. The Kier molecular flexibility index (Phi) is 6.53. The van der Waals surface area contributed by atoms with E-state index in [0.29, 0.717) is 12.5 Å². The number of hydrogen-bond acceptors (Lipinski definition) is 6. The summed E-state index contributed by atoms with van der Waals surface area (Å²) in [7, 11) is 0. The number of aryl methyl sites for hydroxylation is 1. The molecule has 0 atom stereocenters. The van der Waals surface area contributed by atoms with E-state index in [1.54, 1.807) is 11.3 Å². The minimum atomic E-state index is 0.288. The first kappa shape index (κ1) is 22.2. The lowest BCUT2D eigenvalue weighted by Gasteiger charge is -2.34. The van der Waals surface area contributed by atoms with Crippen LogP contribution in [0.2, 0.25) is 0 Å². The van der Waals surface area contributed by atoms with Crippen LogP contribution in [0.25, 0.3) is 16.2 Å². The lowest BCUT2D eigenvalue weighted by atomic mass is 10.1. The first-order valence-electron chi connectivity index (χ1n) is 12.4. The molecule has 5 rings (SSSR count). The smallest absolute Gasteiger partial charge is 0.222 e. The van der Waals surface area contributed by atoms with E-state index in [9.17, 15) is 4.79 Å². The molecule has 1 aliphatic carbocycles. The highest BCUT2D eigenvalue weighted by atomic mass is 32.1. The molecular formula is C25H34N6OS. The van der Waals surface area contributed by atoms with E-state index >= 15 is 0 Å². The molecule has 1 saturated carbocycles. The maximum atomic E-state index is 12.4. The second-order valence-electron chi connectivity index (χ2n) is 9.35. The molecule has 7 nitrogen and oxygen atoms in total. The van der Waals surface area contributed by atoms with Crippen LogP contribution in [-0.4, -0.2) is 57.6 Å². The molecule has 2 fully saturated rings. The Hall–Kier alpha value is -2.61. The van der Waals surface area contributed by atoms with E-state index < -0.39 is 0 Å². The lowest BCUT2D eigenvalue weighted by molar-refractivity contribution is -0.131. The summed E-state index contributed by atoms with van der Waals surface area (Å²) in [5.41, 5.74) is 3.35. The average molecular weight is 467 g/mol. The fourth-order valence-corrected chi connectivity index (χ4v) is 5.84. The highest BCUT2D eigenvalue weighted by Crippen LogP contribution is 2.35. The van der Waals surface area contributed by atoms with Crippen molar-refractivity contribution in [1.29, 1.82) is 0 Å². The van der Waals surface area contributed by atoms with E-state index in [1.165, 1.54) is 31.2 Å². The third kappa shape index (κ3) is 4.71. The fourth-order valence-electron chi connectivity index (χ4n) is 4.89. The summed E-state index contributed by atoms with van der Waals surface area (Å²) in [5.74, 6) is 1.30. The van der Waals surface area contributed by atoms with Crippen molar-refractivity contribution >= 4 is 33.2 Å². The molecule has 1 aromatic carbocycles. The van der Waals surface area contributed by atoms with Gasteiger partial charge in [0.2, 0.25) is 16.0 Å². The molecule has 8 heteroatoms. The zero-order valence-electron chi connectivity index (χ0n) is 19.7. The summed E-state index contributed by atoms with van der Waals surface area (Å²) < 4.78 is 2.01. The number of nitrogens with one attached hydrogen (secondary N) is 1. The number of rotatable bonds is 7. The maximum absolute atomic E-state index is 12.4. The normalized spacial score (nSPS) is 17.3. The number of imidazole rings is 1. The number of amides is 1. The van der Waals surface area contributed by atoms with E-state index in [4.69, 9.17) is 10.1 Å². The van der Waals surface area contributed by atoms with Crippen molar-refractivity contribution in [2.75, 3.05) is 36.4 Å². The molecule has 1 saturated heterocycles. The van der Waals surface area contributed by atoms with Gasteiger partial charge >= 0.3 is 0 Å². The van der Waals surface area contributed by atoms with Crippen LogP contribution in [0.3, 0.4) is 0 Å². The Morgan fingerprint density at radius 2 is 1.97 bits per heavy atom. The van der Waals surface area contributed by atoms with Crippen molar-refractivity contribution in [3.63, 3.8) is 0 Å². The predicted molar refractivity (Wildman–Crippen MR) is 135 cm³/mol. The number of unbranched alkanes of at least 4 members (excludes halogenated alkanes) is 1. The molecule has 3 heterocycles.